The van der Waals surface area contributed by atoms with Gasteiger partial charge in [-0.05, 0) is 25.7 Å². The third-order valence-corrected chi connectivity index (χ3v) is 3.83. The van der Waals surface area contributed by atoms with Crippen molar-refractivity contribution in [1.82, 2.24) is 9.78 Å². The molecular formula is C13H19ClN2O2. The first-order valence-electron chi connectivity index (χ1n) is 6.25. The zero-order valence-corrected chi connectivity index (χ0v) is 12.0. The van der Waals surface area contributed by atoms with Gasteiger partial charge < -0.3 is 5.11 Å². The Morgan fingerprint density at radius 3 is 2.39 bits per heavy atom. The number of aromatic nitrogens is 2. The molecule has 0 spiro atoms. The van der Waals surface area contributed by atoms with Gasteiger partial charge in [0.25, 0.3) is 0 Å². The van der Waals surface area contributed by atoms with Crippen LogP contribution in [0, 0.1) is 5.92 Å². The number of carboxylic acid groups (broad SMARTS) is 1. The molecule has 1 aromatic rings. The Morgan fingerprint density at radius 1 is 1.50 bits per heavy atom. The maximum Gasteiger partial charge on any atom is 0.340 e. The maximum absolute atomic E-state index is 11.4. The lowest BCUT2D eigenvalue weighted by molar-refractivity contribution is 0.0694. The van der Waals surface area contributed by atoms with Crippen LogP contribution in [-0.4, -0.2) is 20.9 Å². The average molecular weight is 271 g/mol. The van der Waals surface area contributed by atoms with Crippen molar-refractivity contribution in [3.05, 3.63) is 16.4 Å². The number of aromatic carboxylic acids is 1. The lowest BCUT2D eigenvalue weighted by Crippen LogP contribution is -2.17. The molecule has 1 fully saturated rings. The summed E-state index contributed by atoms with van der Waals surface area (Å²) in [6.07, 6.45) is 2.34. The lowest BCUT2D eigenvalue weighted by atomic mass is 9.89. The topological polar surface area (TPSA) is 55.1 Å². The molecule has 1 aromatic heterocycles. The summed E-state index contributed by atoms with van der Waals surface area (Å²) < 4.78 is 1.68. The van der Waals surface area contributed by atoms with Gasteiger partial charge in [0, 0.05) is 5.41 Å². The molecule has 100 valence electrons. The van der Waals surface area contributed by atoms with Crippen molar-refractivity contribution in [2.45, 2.75) is 52.0 Å². The summed E-state index contributed by atoms with van der Waals surface area (Å²) in [5.41, 5.74) is 0.385. The van der Waals surface area contributed by atoms with E-state index >= 15 is 0 Å². The Bertz CT molecular complexity index is 484. The van der Waals surface area contributed by atoms with Crippen molar-refractivity contribution in [3.8, 4) is 0 Å². The van der Waals surface area contributed by atoms with Crippen molar-refractivity contribution < 1.29 is 9.90 Å². The van der Waals surface area contributed by atoms with E-state index in [4.69, 9.17) is 11.6 Å². The monoisotopic (exact) mass is 270 g/mol. The van der Waals surface area contributed by atoms with Gasteiger partial charge in [-0.3, -0.25) is 0 Å². The number of hydrogen-bond acceptors (Lipinski definition) is 2. The van der Waals surface area contributed by atoms with Gasteiger partial charge in [0.15, 0.2) is 0 Å². The first-order valence-corrected chi connectivity index (χ1v) is 6.63. The highest BCUT2D eigenvalue weighted by molar-refractivity contribution is 6.32. The van der Waals surface area contributed by atoms with Crippen LogP contribution in [0.1, 0.15) is 62.6 Å². The molecule has 1 aliphatic carbocycles. The first-order chi connectivity index (χ1) is 8.23. The fourth-order valence-electron chi connectivity index (χ4n) is 2.18. The fraction of sp³-hybridized carbons (Fsp3) is 0.692. The summed E-state index contributed by atoms with van der Waals surface area (Å²) in [6.45, 7) is 7.90. The molecule has 2 rings (SSSR count). The average Bonchev–Trinajstić information content (AvgIpc) is 2.99. The van der Waals surface area contributed by atoms with Gasteiger partial charge in [-0.25, -0.2) is 9.48 Å². The van der Waals surface area contributed by atoms with E-state index < -0.39 is 5.97 Å². The Hall–Kier alpha value is -1.03. The van der Waals surface area contributed by atoms with Gasteiger partial charge >= 0.3 is 5.97 Å². The SMILES string of the molecule is CC(C1CC1)n1nc(C(C)(C)C)c(C(=O)O)c1Cl. The van der Waals surface area contributed by atoms with Crippen molar-refractivity contribution in [3.63, 3.8) is 0 Å². The number of nitrogens with zero attached hydrogens (tertiary/aromatic N) is 2. The van der Waals surface area contributed by atoms with E-state index in [-0.39, 0.29) is 22.2 Å². The van der Waals surface area contributed by atoms with Gasteiger partial charge in [-0.1, -0.05) is 32.4 Å². The molecule has 0 saturated heterocycles. The van der Waals surface area contributed by atoms with E-state index in [1.165, 1.54) is 12.8 Å². The highest BCUT2D eigenvalue weighted by Gasteiger charge is 2.35. The minimum Gasteiger partial charge on any atom is -0.478 e. The van der Waals surface area contributed by atoms with Gasteiger partial charge in [0.2, 0.25) is 0 Å². The molecule has 1 unspecified atom stereocenters. The number of halogens is 1. The Kier molecular flexibility index (Phi) is 3.18. The molecule has 0 aromatic carbocycles. The van der Waals surface area contributed by atoms with Crippen LogP contribution in [0.2, 0.25) is 5.15 Å². The molecule has 1 heterocycles. The smallest absolute Gasteiger partial charge is 0.340 e. The van der Waals surface area contributed by atoms with E-state index in [2.05, 4.69) is 12.0 Å². The van der Waals surface area contributed by atoms with E-state index in [9.17, 15) is 9.90 Å². The molecule has 1 atom stereocenters. The fourth-order valence-corrected chi connectivity index (χ4v) is 2.54. The molecule has 5 heteroatoms. The molecule has 0 bridgehead atoms. The Labute approximate surface area is 112 Å². The van der Waals surface area contributed by atoms with Crippen LogP contribution < -0.4 is 0 Å². The standard InChI is InChI=1S/C13H19ClN2O2/c1-7(8-5-6-8)16-11(14)9(12(17)18)10(15-16)13(2,3)4/h7-8H,5-6H2,1-4H3,(H,17,18). The van der Waals surface area contributed by atoms with Crippen LogP contribution >= 0.6 is 11.6 Å². The molecular weight excluding hydrogens is 252 g/mol. The van der Waals surface area contributed by atoms with Gasteiger partial charge in [-0.15, -0.1) is 0 Å². The summed E-state index contributed by atoms with van der Waals surface area (Å²) in [5.74, 6) is -0.420. The third-order valence-electron chi connectivity index (χ3n) is 3.47. The summed E-state index contributed by atoms with van der Waals surface area (Å²) in [6, 6.07) is 0.173. The molecule has 4 nitrogen and oxygen atoms in total. The van der Waals surface area contributed by atoms with Crippen LogP contribution in [0.25, 0.3) is 0 Å². The third kappa shape index (κ3) is 2.26. The number of carbonyl (C=O) groups is 1. The summed E-state index contributed by atoms with van der Waals surface area (Å²) in [7, 11) is 0. The summed E-state index contributed by atoms with van der Waals surface area (Å²) >= 11 is 6.22. The molecule has 0 amide bonds. The highest BCUT2D eigenvalue weighted by atomic mass is 35.5. The summed E-state index contributed by atoms with van der Waals surface area (Å²) in [4.78, 5) is 11.4. The van der Waals surface area contributed by atoms with Crippen molar-refractivity contribution in [2.24, 2.45) is 5.92 Å². The largest absolute Gasteiger partial charge is 0.478 e. The molecule has 0 radical (unpaired) electrons. The Balaban J connectivity index is 2.53. The van der Waals surface area contributed by atoms with Crippen LogP contribution in [0.5, 0.6) is 0 Å². The maximum atomic E-state index is 11.4. The minimum atomic E-state index is -1.00. The predicted molar refractivity (Wildman–Crippen MR) is 70.3 cm³/mol. The Morgan fingerprint density at radius 2 is 2.06 bits per heavy atom. The van der Waals surface area contributed by atoms with E-state index in [1.807, 2.05) is 20.8 Å². The first kappa shape index (κ1) is 13.4. The summed E-state index contributed by atoms with van der Waals surface area (Å²) in [5, 5.41) is 14.0. The van der Waals surface area contributed by atoms with Gasteiger partial charge in [0.1, 0.15) is 10.7 Å². The quantitative estimate of drug-likeness (QED) is 0.914. The van der Waals surface area contributed by atoms with Gasteiger partial charge in [-0.2, -0.15) is 5.10 Å². The van der Waals surface area contributed by atoms with E-state index in [1.54, 1.807) is 4.68 Å². The van der Waals surface area contributed by atoms with Crippen LogP contribution in [0.15, 0.2) is 0 Å². The molecule has 1 N–H and O–H groups in total. The lowest BCUT2D eigenvalue weighted by Gasteiger charge is -2.16. The highest BCUT2D eigenvalue weighted by Crippen LogP contribution is 2.42. The second-order valence-electron chi connectivity index (χ2n) is 6.09. The molecule has 1 aliphatic rings. The molecule has 18 heavy (non-hydrogen) atoms. The molecule has 1 saturated carbocycles. The van der Waals surface area contributed by atoms with Crippen LogP contribution in [0.4, 0.5) is 0 Å². The molecule has 0 aliphatic heterocycles. The van der Waals surface area contributed by atoms with E-state index in [0.717, 1.165) is 0 Å². The second kappa shape index (κ2) is 4.26. The van der Waals surface area contributed by atoms with Gasteiger partial charge in [0.05, 0.1) is 11.7 Å². The zero-order valence-electron chi connectivity index (χ0n) is 11.2. The minimum absolute atomic E-state index is 0.150. The number of carboxylic acids is 1. The van der Waals surface area contributed by atoms with Crippen molar-refractivity contribution in [1.29, 1.82) is 0 Å². The van der Waals surface area contributed by atoms with Crippen LogP contribution in [-0.2, 0) is 5.41 Å². The predicted octanol–water partition coefficient (Wildman–Crippen LogP) is 3.50. The normalized spacial score (nSPS) is 17.8. The van der Waals surface area contributed by atoms with Crippen LogP contribution in [0.3, 0.4) is 0 Å². The number of rotatable bonds is 3. The van der Waals surface area contributed by atoms with Crippen molar-refractivity contribution >= 4 is 17.6 Å². The number of hydrogen-bond donors (Lipinski definition) is 1. The zero-order chi connectivity index (χ0) is 13.7. The second-order valence-corrected chi connectivity index (χ2v) is 6.45. The van der Waals surface area contributed by atoms with Crippen molar-refractivity contribution in [2.75, 3.05) is 0 Å². The van der Waals surface area contributed by atoms with E-state index in [0.29, 0.717) is 11.6 Å².